The largest absolute Gasteiger partial charge is 0.332 e. The van der Waals surface area contributed by atoms with Crippen LogP contribution in [0.2, 0.25) is 0 Å². The summed E-state index contributed by atoms with van der Waals surface area (Å²) < 4.78 is 41.0. The lowest BCUT2D eigenvalue weighted by Gasteiger charge is -2.28. The van der Waals surface area contributed by atoms with E-state index in [4.69, 9.17) is 0 Å². The highest BCUT2D eigenvalue weighted by Crippen LogP contribution is 2.45. The molecule has 1 fully saturated rings. The van der Waals surface area contributed by atoms with Gasteiger partial charge in [-0.2, -0.15) is 5.10 Å². The van der Waals surface area contributed by atoms with Crippen molar-refractivity contribution < 1.29 is 13.2 Å². The number of halogens is 1. The summed E-state index contributed by atoms with van der Waals surface area (Å²) in [7, 11) is 1.74. The van der Waals surface area contributed by atoms with Gasteiger partial charge in [0.25, 0.3) is 16.8 Å². The highest BCUT2D eigenvalue weighted by atomic mass is 32.2. The molecule has 1 saturated carbocycles. The van der Waals surface area contributed by atoms with E-state index >= 15 is 0 Å². The van der Waals surface area contributed by atoms with Gasteiger partial charge in [0.1, 0.15) is 6.67 Å². The minimum absolute atomic E-state index is 0.00675. The van der Waals surface area contributed by atoms with Gasteiger partial charge in [-0.1, -0.05) is 0 Å². The molecule has 0 bridgehead atoms. The molecule has 178 valence electrons. The van der Waals surface area contributed by atoms with Crippen LogP contribution in [0.4, 0.5) is 10.1 Å². The summed E-state index contributed by atoms with van der Waals surface area (Å²) in [5, 5.41) is 6.10. The van der Waals surface area contributed by atoms with E-state index in [0.717, 1.165) is 8.87 Å². The van der Waals surface area contributed by atoms with E-state index in [9.17, 15) is 22.7 Å². The number of alkyl halides is 1. The van der Waals surface area contributed by atoms with E-state index < -0.39 is 34.7 Å². The molecule has 10 nitrogen and oxygen atoms in total. The lowest BCUT2D eigenvalue weighted by atomic mass is 10.2. The average molecular weight is 505 g/mol. The first-order valence-corrected chi connectivity index (χ1v) is 12.4. The maximum atomic E-state index is 13.7. The highest BCUT2D eigenvalue weighted by Gasteiger charge is 2.51. The molecule has 1 aliphatic carbocycles. The Hall–Kier alpha value is -3.16. The molecule has 1 aliphatic rings. The predicted octanol–water partition coefficient (Wildman–Crippen LogP) is 1.90. The second kappa shape index (κ2) is 8.56. The van der Waals surface area contributed by atoms with Crippen LogP contribution in [0.15, 0.2) is 51.1 Å². The number of anilines is 1. The van der Waals surface area contributed by atoms with Crippen molar-refractivity contribution in [3.05, 3.63) is 73.6 Å². The van der Waals surface area contributed by atoms with Crippen molar-refractivity contribution in [1.82, 2.24) is 23.9 Å². The summed E-state index contributed by atoms with van der Waals surface area (Å²) in [6.07, 6.45) is 4.16. The summed E-state index contributed by atoms with van der Waals surface area (Å²) in [6, 6.07) is 4.55. The lowest BCUT2D eigenvalue weighted by Crippen LogP contribution is -2.42. The fourth-order valence-electron chi connectivity index (χ4n) is 4.11. The zero-order valence-corrected chi connectivity index (χ0v) is 19.8. The Morgan fingerprint density at radius 1 is 1.26 bits per heavy atom. The summed E-state index contributed by atoms with van der Waals surface area (Å²) in [6.45, 7) is -0.631. The van der Waals surface area contributed by atoms with Crippen molar-refractivity contribution in [2.24, 2.45) is 7.05 Å². The Bertz CT molecular complexity index is 1510. The van der Waals surface area contributed by atoms with Gasteiger partial charge >= 0.3 is 5.69 Å². The van der Waals surface area contributed by atoms with Crippen molar-refractivity contribution >= 4 is 39.2 Å². The molecule has 0 amide bonds. The molecule has 0 aliphatic heterocycles. The quantitative estimate of drug-likeness (QED) is 0.367. The molecule has 1 N–H and O–H groups in total. The van der Waals surface area contributed by atoms with E-state index in [-0.39, 0.29) is 24.2 Å². The van der Waals surface area contributed by atoms with Gasteiger partial charge in [-0.05, 0) is 31.0 Å². The predicted molar refractivity (Wildman–Crippen MR) is 127 cm³/mol. The van der Waals surface area contributed by atoms with Crippen LogP contribution in [0.3, 0.4) is 0 Å². The molecule has 3 aromatic heterocycles. The third-order valence-electron chi connectivity index (χ3n) is 6.01. The minimum Gasteiger partial charge on any atom is -0.289 e. The van der Waals surface area contributed by atoms with E-state index in [1.165, 1.54) is 28.0 Å². The maximum absolute atomic E-state index is 13.7. The molecule has 0 radical (unpaired) electrons. The molecule has 1 unspecified atom stereocenters. The molecule has 4 aromatic rings. The van der Waals surface area contributed by atoms with Crippen molar-refractivity contribution in [1.29, 1.82) is 0 Å². The zero-order valence-electron chi connectivity index (χ0n) is 18.1. The lowest BCUT2D eigenvalue weighted by molar-refractivity contribution is 0.413. The van der Waals surface area contributed by atoms with Crippen LogP contribution in [0.1, 0.15) is 24.1 Å². The maximum Gasteiger partial charge on any atom is 0.332 e. The van der Waals surface area contributed by atoms with Crippen LogP contribution in [-0.2, 0) is 31.4 Å². The molecule has 0 saturated heterocycles. The van der Waals surface area contributed by atoms with Crippen molar-refractivity contribution in [3.8, 4) is 0 Å². The molecular formula is C21H21FN6O4S2. The van der Waals surface area contributed by atoms with Crippen LogP contribution < -0.4 is 15.6 Å². The van der Waals surface area contributed by atoms with Gasteiger partial charge in [-0.25, -0.2) is 18.4 Å². The first-order valence-electron chi connectivity index (χ1n) is 10.4. The topological polar surface area (TPSA) is 115 Å². The molecule has 13 heteroatoms. The molecular weight excluding hydrogens is 483 g/mol. The van der Waals surface area contributed by atoms with Gasteiger partial charge in [0.05, 0.1) is 52.6 Å². The summed E-state index contributed by atoms with van der Waals surface area (Å²) in [5.41, 5.74) is 1.49. The monoisotopic (exact) mass is 504 g/mol. The molecule has 1 aromatic carbocycles. The van der Waals surface area contributed by atoms with E-state index in [1.54, 1.807) is 35.7 Å². The van der Waals surface area contributed by atoms with Gasteiger partial charge in [-0.3, -0.25) is 27.5 Å². The number of nitrogens with zero attached hydrogens (tertiary/aromatic N) is 6. The summed E-state index contributed by atoms with van der Waals surface area (Å²) in [5.74, 6) is 0. The third kappa shape index (κ3) is 3.89. The van der Waals surface area contributed by atoms with Crippen LogP contribution in [-0.4, -0.2) is 44.9 Å². The van der Waals surface area contributed by atoms with E-state index in [2.05, 4.69) is 10.1 Å². The van der Waals surface area contributed by atoms with Crippen LogP contribution >= 0.6 is 11.3 Å². The van der Waals surface area contributed by atoms with Crippen LogP contribution in [0, 0.1) is 0 Å². The summed E-state index contributed by atoms with van der Waals surface area (Å²) >= 11 is -1.09. The van der Waals surface area contributed by atoms with Gasteiger partial charge < -0.3 is 0 Å². The molecule has 5 rings (SSSR count). The number of benzene rings is 1. The van der Waals surface area contributed by atoms with Crippen molar-refractivity contribution in [2.75, 3.05) is 11.0 Å². The van der Waals surface area contributed by atoms with Crippen molar-refractivity contribution in [3.63, 3.8) is 0 Å². The van der Waals surface area contributed by atoms with Crippen LogP contribution in [0.5, 0.6) is 0 Å². The Labute approximate surface area is 199 Å². The average Bonchev–Trinajstić information content (AvgIpc) is 3.20. The summed E-state index contributed by atoms with van der Waals surface area (Å²) in [4.78, 5) is 31.1. The first kappa shape index (κ1) is 22.6. The van der Waals surface area contributed by atoms with Gasteiger partial charge in [0.15, 0.2) is 0 Å². The minimum atomic E-state index is -2.48. The van der Waals surface area contributed by atoms with Crippen LogP contribution in [0.25, 0.3) is 10.9 Å². The van der Waals surface area contributed by atoms with Gasteiger partial charge in [0, 0.05) is 24.2 Å². The Morgan fingerprint density at radius 2 is 2.06 bits per heavy atom. The van der Waals surface area contributed by atoms with E-state index in [1.807, 2.05) is 5.38 Å². The molecule has 1 atom stereocenters. The normalized spacial score (nSPS) is 15.5. The molecule has 3 heterocycles. The number of aromatic nitrogens is 5. The van der Waals surface area contributed by atoms with Gasteiger partial charge in [-0.15, -0.1) is 11.3 Å². The Kier molecular flexibility index (Phi) is 5.70. The third-order valence-corrected chi connectivity index (χ3v) is 7.55. The number of fused-ring (bicyclic) bond motifs is 1. The first-order chi connectivity index (χ1) is 16.3. The Morgan fingerprint density at radius 3 is 2.65 bits per heavy atom. The highest BCUT2D eigenvalue weighted by molar-refractivity contribution is 7.80. The fraction of sp³-hybridized carbons (Fsp3) is 0.333. The number of aryl methyl sites for hydroxylation is 1. The number of hydrogen-bond acceptors (Lipinski definition) is 6. The fourth-order valence-corrected chi connectivity index (χ4v) is 5.52. The smallest absolute Gasteiger partial charge is 0.289 e. The zero-order chi connectivity index (χ0) is 24.0. The second-order valence-corrected chi connectivity index (χ2v) is 9.89. The molecule has 34 heavy (non-hydrogen) atoms. The number of hydrogen-bond donors (Lipinski definition) is 1. The number of thiazole rings is 1. The Balaban J connectivity index is 1.72. The van der Waals surface area contributed by atoms with E-state index in [0.29, 0.717) is 29.6 Å². The van der Waals surface area contributed by atoms with Crippen molar-refractivity contribution in [2.45, 2.75) is 31.5 Å². The second-order valence-electron chi connectivity index (χ2n) is 8.35. The number of rotatable bonds is 8. The standard InChI is InChI=1S/C21H21FN6O4S2/c1-25-8-14(7-24-25)9-27-19(29)17-6-16(28(34(31)32)21(12-22)4-5-21)2-3-18(17)26(20(27)30)10-15-11-33-13-23-15/h2-3,6-8,11,13H,4-5,9-10,12H2,1H3,(H,31,32). The SMILES string of the molecule is Cn1cc(Cn2c(=O)c3cc(N(S(=O)O)C4(CF)CC4)ccc3n(Cc3cscn3)c2=O)cn1. The van der Waals surface area contributed by atoms with Gasteiger partial charge in [0.2, 0.25) is 0 Å². The molecule has 0 spiro atoms.